The Morgan fingerprint density at radius 2 is 0.792 bits per heavy atom. The molecule has 116 valence electrons. The van der Waals surface area contributed by atoms with Crippen LogP contribution in [-0.2, 0) is 0 Å². The molecule has 3 rings (SSSR count). The summed E-state index contributed by atoms with van der Waals surface area (Å²) in [5.74, 6) is 0. The molecule has 3 heteroatoms. The summed E-state index contributed by atoms with van der Waals surface area (Å²) in [6.07, 6.45) is -0.417. The molecular weight excluding hydrogens is 302 g/mol. The molecule has 0 aromatic heterocycles. The molecule has 0 unspecified atom stereocenters. The van der Waals surface area contributed by atoms with Crippen LogP contribution in [0.5, 0.6) is 0 Å². The van der Waals surface area contributed by atoms with Crippen LogP contribution in [0.1, 0.15) is 13.8 Å². The van der Waals surface area contributed by atoms with Gasteiger partial charge < -0.3 is 5.11 Å². The van der Waals surface area contributed by atoms with E-state index >= 15 is 0 Å². The van der Waals surface area contributed by atoms with Crippen LogP contribution >= 0.6 is 0 Å². The number of hydrogen-bond acceptors (Lipinski definition) is 1. The van der Waals surface area contributed by atoms with E-state index in [1.54, 1.807) is 13.8 Å². The van der Waals surface area contributed by atoms with Crippen LogP contribution in [0.3, 0.4) is 0 Å². The minimum atomic E-state index is -0.417. The smallest absolute Gasteiger partial charge is 0.852 e. The van der Waals surface area contributed by atoms with E-state index in [1.165, 1.54) is 16.4 Å². The molecule has 0 amide bonds. The van der Waals surface area contributed by atoms with E-state index in [2.05, 4.69) is 91.0 Å². The van der Waals surface area contributed by atoms with Gasteiger partial charge in [0.15, 0.2) is 0 Å². The Bertz CT molecular complexity index is 575. The third kappa shape index (κ3) is 6.66. The van der Waals surface area contributed by atoms with Crippen molar-refractivity contribution in [3.63, 3.8) is 0 Å². The predicted molar refractivity (Wildman–Crippen MR) is 99.1 cm³/mol. The molecular formula is C21H22BNaO. The van der Waals surface area contributed by atoms with Gasteiger partial charge in [0.25, 0.3) is 0 Å². The maximum atomic E-state index is 9.53. The van der Waals surface area contributed by atoms with Crippen LogP contribution in [0.2, 0.25) is 0 Å². The molecule has 0 bridgehead atoms. The molecule has 0 aliphatic heterocycles. The second-order valence-electron chi connectivity index (χ2n) is 5.71. The first-order valence-electron chi connectivity index (χ1n) is 7.99. The minimum absolute atomic E-state index is 0. The fourth-order valence-corrected chi connectivity index (χ4v) is 2.51. The van der Waals surface area contributed by atoms with Gasteiger partial charge in [0.2, 0.25) is 6.71 Å². The van der Waals surface area contributed by atoms with Gasteiger partial charge in [0.1, 0.15) is 0 Å². The van der Waals surface area contributed by atoms with E-state index in [-0.39, 0.29) is 29.6 Å². The first-order valence-corrected chi connectivity index (χ1v) is 7.99. The van der Waals surface area contributed by atoms with Crippen molar-refractivity contribution in [1.29, 1.82) is 0 Å². The molecule has 24 heavy (non-hydrogen) atoms. The van der Waals surface area contributed by atoms with Crippen LogP contribution in [0.25, 0.3) is 0 Å². The number of rotatable bonds is 3. The quantitative estimate of drug-likeness (QED) is 0.565. The van der Waals surface area contributed by atoms with Crippen molar-refractivity contribution >= 4 is 23.1 Å². The second kappa shape index (κ2) is 11.3. The molecule has 3 aromatic rings. The van der Waals surface area contributed by atoms with E-state index < -0.39 is 6.10 Å². The zero-order chi connectivity index (χ0) is 16.5. The van der Waals surface area contributed by atoms with Crippen molar-refractivity contribution in [3.05, 3.63) is 91.0 Å². The van der Waals surface area contributed by atoms with Gasteiger partial charge in [0.05, 0.1) is 0 Å². The maximum Gasteiger partial charge on any atom is 1.00 e. The molecule has 0 saturated carbocycles. The van der Waals surface area contributed by atoms with Gasteiger partial charge in [-0.25, -0.2) is 0 Å². The largest absolute Gasteiger partial charge is 1.00 e. The molecule has 0 atom stereocenters. The summed E-state index contributed by atoms with van der Waals surface area (Å²) in [6.45, 7) is 3.53. The van der Waals surface area contributed by atoms with Crippen molar-refractivity contribution in [2.24, 2.45) is 0 Å². The van der Waals surface area contributed by atoms with Crippen molar-refractivity contribution in [3.8, 4) is 0 Å². The van der Waals surface area contributed by atoms with E-state index in [1.807, 2.05) is 0 Å². The van der Waals surface area contributed by atoms with Crippen LogP contribution < -0.4 is 51.1 Å². The van der Waals surface area contributed by atoms with Gasteiger partial charge in [0, 0.05) is 0 Å². The Hall–Kier alpha value is -1.32. The SMILES string of the molecule is CC(C)[O-].[Na+].c1ccc(B(c2ccccc2)c2ccccc2)cc1. The first kappa shape index (κ1) is 20.7. The normalized spacial score (nSPS) is 9.50. The standard InChI is InChI=1S/C18H15B.C3H7O.Na/c1-4-10-16(11-5-1)19(17-12-6-2-7-13-17)18-14-8-3-9-15-18;1-3(2)4;/h1-15H;3H,1-2H3;/q;-1;+1. The van der Waals surface area contributed by atoms with Crippen LogP contribution in [0.4, 0.5) is 0 Å². The molecule has 3 aromatic carbocycles. The Balaban J connectivity index is 0.000000522. The zero-order valence-electron chi connectivity index (χ0n) is 14.7. The second-order valence-corrected chi connectivity index (χ2v) is 5.71. The molecule has 0 spiro atoms. The van der Waals surface area contributed by atoms with Crippen molar-refractivity contribution in [2.45, 2.75) is 20.0 Å². The topological polar surface area (TPSA) is 23.1 Å². The minimum Gasteiger partial charge on any atom is -0.852 e. The molecule has 1 nitrogen and oxygen atoms in total. The number of hydrogen-bond donors (Lipinski definition) is 0. The average molecular weight is 324 g/mol. The van der Waals surface area contributed by atoms with E-state index in [9.17, 15) is 5.11 Å². The third-order valence-electron chi connectivity index (χ3n) is 3.40. The van der Waals surface area contributed by atoms with E-state index in [0.717, 1.165) is 0 Å². The number of benzene rings is 3. The summed E-state index contributed by atoms with van der Waals surface area (Å²) in [5, 5.41) is 9.53. The summed E-state index contributed by atoms with van der Waals surface area (Å²) < 4.78 is 0. The Morgan fingerprint density at radius 3 is 1.00 bits per heavy atom. The Kier molecular flexibility index (Phi) is 9.74. The van der Waals surface area contributed by atoms with Crippen LogP contribution in [0, 0.1) is 0 Å². The Labute approximate surface area is 168 Å². The molecule has 0 saturated heterocycles. The van der Waals surface area contributed by atoms with Crippen molar-refractivity contribution in [1.82, 2.24) is 0 Å². The fourth-order valence-electron chi connectivity index (χ4n) is 2.51. The van der Waals surface area contributed by atoms with Gasteiger partial charge >= 0.3 is 29.6 Å². The van der Waals surface area contributed by atoms with Gasteiger partial charge in [-0.15, -0.1) is 6.10 Å². The van der Waals surface area contributed by atoms with Gasteiger partial charge in [-0.2, -0.15) is 0 Å². The van der Waals surface area contributed by atoms with Crippen LogP contribution in [-0.4, -0.2) is 12.8 Å². The maximum absolute atomic E-state index is 9.53. The summed E-state index contributed by atoms with van der Waals surface area (Å²) in [7, 11) is 0. The summed E-state index contributed by atoms with van der Waals surface area (Å²) in [5.41, 5.74) is 4.00. The van der Waals surface area contributed by atoms with E-state index in [4.69, 9.17) is 0 Å². The van der Waals surface area contributed by atoms with Gasteiger partial charge in [-0.05, 0) is 0 Å². The molecule has 0 heterocycles. The molecule has 0 fully saturated rings. The Morgan fingerprint density at radius 1 is 0.583 bits per heavy atom. The van der Waals surface area contributed by atoms with Gasteiger partial charge in [-0.3, -0.25) is 0 Å². The summed E-state index contributed by atoms with van der Waals surface area (Å²) in [6, 6.07) is 32.0. The molecule has 0 radical (unpaired) electrons. The van der Waals surface area contributed by atoms with Crippen LogP contribution in [0.15, 0.2) is 91.0 Å². The predicted octanol–water partition coefficient (Wildman–Crippen LogP) is -1.04. The van der Waals surface area contributed by atoms with E-state index in [0.29, 0.717) is 6.71 Å². The third-order valence-corrected chi connectivity index (χ3v) is 3.40. The van der Waals surface area contributed by atoms with Crippen molar-refractivity contribution < 1.29 is 34.7 Å². The first-order chi connectivity index (χ1) is 11.2. The molecule has 0 aliphatic carbocycles. The molecule has 0 aliphatic rings. The summed E-state index contributed by atoms with van der Waals surface area (Å²) in [4.78, 5) is 0. The monoisotopic (exact) mass is 324 g/mol. The van der Waals surface area contributed by atoms with Crippen molar-refractivity contribution in [2.75, 3.05) is 0 Å². The zero-order valence-corrected chi connectivity index (χ0v) is 16.7. The molecule has 0 N–H and O–H groups in total. The van der Waals surface area contributed by atoms with Gasteiger partial charge in [-0.1, -0.05) is 121 Å². The average Bonchev–Trinajstić information content (AvgIpc) is 2.58. The summed E-state index contributed by atoms with van der Waals surface area (Å²) >= 11 is 0. The fraction of sp³-hybridized carbons (Fsp3) is 0.143.